The Balaban J connectivity index is 2.70. The van der Waals surface area contributed by atoms with E-state index in [4.69, 9.17) is 9.84 Å². The number of nitrogens with zero attached hydrogens (tertiary/aromatic N) is 3. The van der Waals surface area contributed by atoms with E-state index in [9.17, 15) is 4.79 Å². The van der Waals surface area contributed by atoms with Crippen molar-refractivity contribution in [1.29, 1.82) is 0 Å². The van der Waals surface area contributed by atoms with Gasteiger partial charge in [-0.3, -0.25) is 0 Å². The lowest BCUT2D eigenvalue weighted by Gasteiger charge is -2.03. The van der Waals surface area contributed by atoms with Crippen molar-refractivity contribution in [2.45, 2.75) is 13.3 Å². The molecule has 0 unspecified atom stereocenters. The molecule has 16 heavy (non-hydrogen) atoms. The van der Waals surface area contributed by atoms with E-state index >= 15 is 0 Å². The predicted octanol–water partition coefficient (Wildman–Crippen LogP) is 0.998. The van der Waals surface area contributed by atoms with Crippen molar-refractivity contribution in [3.8, 4) is 5.88 Å². The van der Waals surface area contributed by atoms with Gasteiger partial charge in [0, 0.05) is 12.1 Å². The normalized spacial score (nSPS) is 10.6. The fraction of sp³-hybridized carbons (Fsp3) is 0.300. The molecule has 0 aliphatic carbocycles. The molecule has 2 aromatic heterocycles. The quantitative estimate of drug-likeness (QED) is 0.836. The molecule has 0 radical (unpaired) electrons. The Morgan fingerprint density at radius 2 is 2.31 bits per heavy atom. The molecule has 0 atom stereocenters. The number of aryl methyl sites for hydroxylation is 1. The number of fused-ring (bicyclic) bond motifs is 1. The van der Waals surface area contributed by atoms with E-state index in [2.05, 4.69) is 10.1 Å². The van der Waals surface area contributed by atoms with Gasteiger partial charge in [0.15, 0.2) is 11.3 Å². The van der Waals surface area contributed by atoms with Crippen molar-refractivity contribution >= 4 is 11.6 Å². The van der Waals surface area contributed by atoms with Gasteiger partial charge in [-0.25, -0.2) is 9.78 Å². The summed E-state index contributed by atoms with van der Waals surface area (Å²) in [5, 5.41) is 13.1. The fourth-order valence-corrected chi connectivity index (χ4v) is 1.42. The predicted molar refractivity (Wildman–Crippen MR) is 55.9 cm³/mol. The van der Waals surface area contributed by atoms with Gasteiger partial charge in [-0.05, 0) is 6.42 Å². The van der Waals surface area contributed by atoms with Gasteiger partial charge >= 0.3 is 5.97 Å². The molecule has 0 fully saturated rings. The summed E-state index contributed by atoms with van der Waals surface area (Å²) in [7, 11) is 1.47. The average Bonchev–Trinajstić information content (AvgIpc) is 2.70. The van der Waals surface area contributed by atoms with Crippen molar-refractivity contribution in [3.63, 3.8) is 0 Å². The van der Waals surface area contributed by atoms with Crippen LogP contribution in [0.5, 0.6) is 5.88 Å². The van der Waals surface area contributed by atoms with E-state index in [1.807, 2.05) is 6.92 Å². The first kappa shape index (κ1) is 10.4. The summed E-state index contributed by atoms with van der Waals surface area (Å²) in [5.74, 6) is -0.720. The molecule has 1 N–H and O–H groups in total. The Bertz CT molecular complexity index is 547. The monoisotopic (exact) mass is 221 g/mol. The second-order valence-corrected chi connectivity index (χ2v) is 3.25. The molecule has 6 heteroatoms. The number of carbonyl (C=O) groups is 1. The summed E-state index contributed by atoms with van der Waals surface area (Å²) >= 11 is 0. The Morgan fingerprint density at radius 1 is 1.56 bits per heavy atom. The summed E-state index contributed by atoms with van der Waals surface area (Å²) in [6.07, 6.45) is 0.759. The zero-order valence-electron chi connectivity index (χ0n) is 8.97. The van der Waals surface area contributed by atoms with E-state index in [0.29, 0.717) is 11.5 Å². The smallest absolute Gasteiger partial charge is 0.354 e. The van der Waals surface area contributed by atoms with E-state index in [1.165, 1.54) is 17.7 Å². The molecular formula is C10H11N3O3. The van der Waals surface area contributed by atoms with Gasteiger partial charge in [-0.15, -0.1) is 0 Å². The van der Waals surface area contributed by atoms with Crippen LogP contribution in [-0.4, -0.2) is 32.8 Å². The van der Waals surface area contributed by atoms with Crippen LogP contribution in [0, 0.1) is 0 Å². The number of hydrogen-bond acceptors (Lipinski definition) is 4. The molecule has 2 aromatic rings. The van der Waals surface area contributed by atoms with Crippen molar-refractivity contribution < 1.29 is 14.6 Å². The molecule has 2 rings (SSSR count). The summed E-state index contributed by atoms with van der Waals surface area (Å²) in [4.78, 5) is 14.8. The van der Waals surface area contributed by atoms with Crippen LogP contribution >= 0.6 is 0 Å². The van der Waals surface area contributed by atoms with Crippen LogP contribution in [0.15, 0.2) is 12.1 Å². The lowest BCUT2D eigenvalue weighted by atomic mass is 10.3. The van der Waals surface area contributed by atoms with Crippen LogP contribution < -0.4 is 4.74 Å². The molecule has 0 spiro atoms. The van der Waals surface area contributed by atoms with Crippen LogP contribution in [0.2, 0.25) is 0 Å². The first-order valence-electron chi connectivity index (χ1n) is 4.82. The van der Waals surface area contributed by atoms with Crippen LogP contribution in [0.25, 0.3) is 5.65 Å². The first-order chi connectivity index (χ1) is 7.65. The highest BCUT2D eigenvalue weighted by molar-refractivity contribution is 5.86. The number of aromatic carboxylic acids is 1. The molecule has 6 nitrogen and oxygen atoms in total. The van der Waals surface area contributed by atoms with Gasteiger partial charge in [-0.2, -0.15) is 9.61 Å². The molecular weight excluding hydrogens is 210 g/mol. The maximum atomic E-state index is 10.8. The Kier molecular flexibility index (Phi) is 2.47. The molecule has 0 aromatic carbocycles. The number of aromatic nitrogens is 3. The van der Waals surface area contributed by atoms with E-state index in [1.54, 1.807) is 6.07 Å². The van der Waals surface area contributed by atoms with Gasteiger partial charge in [0.25, 0.3) is 0 Å². The third kappa shape index (κ3) is 1.58. The number of hydrogen-bond donors (Lipinski definition) is 1. The number of carboxylic acids is 1. The highest BCUT2D eigenvalue weighted by Crippen LogP contribution is 2.16. The average molecular weight is 221 g/mol. The summed E-state index contributed by atoms with van der Waals surface area (Å²) in [6.45, 7) is 1.96. The molecule has 84 valence electrons. The zero-order chi connectivity index (χ0) is 11.7. The van der Waals surface area contributed by atoms with Crippen LogP contribution in [0.1, 0.15) is 23.1 Å². The van der Waals surface area contributed by atoms with Crippen molar-refractivity contribution in [1.82, 2.24) is 14.6 Å². The van der Waals surface area contributed by atoms with Crippen LogP contribution in [0.3, 0.4) is 0 Å². The third-order valence-electron chi connectivity index (χ3n) is 2.24. The largest absolute Gasteiger partial charge is 0.481 e. The molecule has 0 amide bonds. The maximum Gasteiger partial charge on any atom is 0.354 e. The Labute approximate surface area is 91.5 Å². The maximum absolute atomic E-state index is 10.8. The molecule has 2 heterocycles. The Morgan fingerprint density at radius 3 is 2.88 bits per heavy atom. The molecule has 0 saturated heterocycles. The van der Waals surface area contributed by atoms with Gasteiger partial charge < -0.3 is 9.84 Å². The van der Waals surface area contributed by atoms with Crippen LogP contribution in [0.4, 0.5) is 0 Å². The third-order valence-corrected chi connectivity index (χ3v) is 2.24. The highest BCUT2D eigenvalue weighted by Gasteiger charge is 2.13. The van der Waals surface area contributed by atoms with Gasteiger partial charge in [-0.1, -0.05) is 6.92 Å². The van der Waals surface area contributed by atoms with Gasteiger partial charge in [0.05, 0.1) is 12.8 Å². The highest BCUT2D eigenvalue weighted by atomic mass is 16.5. The number of carboxylic acid groups (broad SMARTS) is 1. The van der Waals surface area contributed by atoms with Gasteiger partial charge in [0.2, 0.25) is 5.88 Å². The minimum atomic E-state index is -1.08. The summed E-state index contributed by atoms with van der Waals surface area (Å²) in [5.41, 5.74) is 1.27. The van der Waals surface area contributed by atoms with Crippen molar-refractivity contribution in [2.75, 3.05) is 7.11 Å². The van der Waals surface area contributed by atoms with E-state index in [0.717, 1.165) is 12.1 Å². The van der Waals surface area contributed by atoms with Crippen molar-refractivity contribution in [3.05, 3.63) is 23.5 Å². The second kappa shape index (κ2) is 3.80. The SMILES string of the molecule is CCc1cc2nc(C(=O)O)cc(OC)n2n1. The van der Waals surface area contributed by atoms with Crippen molar-refractivity contribution in [2.24, 2.45) is 0 Å². The number of ether oxygens (including phenoxy) is 1. The minimum Gasteiger partial charge on any atom is -0.481 e. The topological polar surface area (TPSA) is 76.7 Å². The number of methoxy groups -OCH3 is 1. The number of rotatable bonds is 3. The molecule has 0 aliphatic heterocycles. The van der Waals surface area contributed by atoms with Gasteiger partial charge in [0.1, 0.15) is 0 Å². The second-order valence-electron chi connectivity index (χ2n) is 3.25. The molecule has 0 saturated carbocycles. The van der Waals surface area contributed by atoms with Crippen LogP contribution in [-0.2, 0) is 6.42 Å². The lowest BCUT2D eigenvalue weighted by molar-refractivity contribution is 0.0690. The standard InChI is InChI=1S/C10H11N3O3/c1-3-6-4-8-11-7(10(14)15)5-9(16-2)13(8)12-6/h4-5H,3H2,1-2H3,(H,14,15). The van der Waals surface area contributed by atoms with E-state index in [-0.39, 0.29) is 5.69 Å². The Hall–Kier alpha value is -2.11. The molecule has 0 bridgehead atoms. The first-order valence-corrected chi connectivity index (χ1v) is 4.82. The fourth-order valence-electron chi connectivity index (χ4n) is 1.42. The molecule has 0 aliphatic rings. The summed E-state index contributed by atoms with van der Waals surface area (Å²) in [6, 6.07) is 3.09. The summed E-state index contributed by atoms with van der Waals surface area (Å²) < 4.78 is 6.56. The van der Waals surface area contributed by atoms with E-state index < -0.39 is 5.97 Å². The lowest BCUT2D eigenvalue weighted by Crippen LogP contribution is -2.05. The zero-order valence-corrected chi connectivity index (χ0v) is 8.97. The minimum absolute atomic E-state index is 0.0492.